The Morgan fingerprint density at radius 3 is 2.33 bits per heavy atom. The Labute approximate surface area is 264 Å². The number of halogens is 4. The molecule has 3 amide bonds. The van der Waals surface area contributed by atoms with Gasteiger partial charge in [-0.25, -0.2) is 26.4 Å². The summed E-state index contributed by atoms with van der Waals surface area (Å²) in [7, 11) is -3.00. The van der Waals surface area contributed by atoms with Gasteiger partial charge in [-0.1, -0.05) is 32.4 Å². The lowest BCUT2D eigenvalue weighted by atomic mass is 9.76. The molecule has 246 valence electrons. The van der Waals surface area contributed by atoms with E-state index in [0.29, 0.717) is 18.6 Å². The number of nitrogens with one attached hydrogen (secondary N) is 3. The van der Waals surface area contributed by atoms with Crippen molar-refractivity contribution in [1.82, 2.24) is 10.6 Å². The largest absolute Gasteiger partial charge is 0.453 e. The molecule has 0 heterocycles. The highest BCUT2D eigenvalue weighted by atomic mass is 35.5. The number of amides is 3. The van der Waals surface area contributed by atoms with Gasteiger partial charge in [-0.2, -0.15) is 0 Å². The first-order chi connectivity index (χ1) is 21.0. The fourth-order valence-corrected chi connectivity index (χ4v) is 9.44. The number of aliphatic hydroxyl groups is 1. The average molecular weight is 674 g/mol. The van der Waals surface area contributed by atoms with Crippen molar-refractivity contribution in [3.8, 4) is 0 Å². The van der Waals surface area contributed by atoms with Crippen LogP contribution in [0.3, 0.4) is 0 Å². The summed E-state index contributed by atoms with van der Waals surface area (Å²) in [4.78, 5) is 37.1. The number of fused-ring (bicyclic) bond motifs is 2. The Kier molecular flexibility index (Phi) is 10.1. The third-order valence-corrected chi connectivity index (χ3v) is 11.5. The van der Waals surface area contributed by atoms with Gasteiger partial charge in [0, 0.05) is 29.9 Å². The summed E-state index contributed by atoms with van der Waals surface area (Å²) in [6, 6.07) is 3.81. The second-order valence-corrected chi connectivity index (χ2v) is 14.7. The third kappa shape index (κ3) is 7.23. The molecule has 2 aromatic carbocycles. The molecule has 15 heteroatoms. The second-order valence-electron chi connectivity index (χ2n) is 12.2. The van der Waals surface area contributed by atoms with Crippen LogP contribution in [0.4, 0.5) is 23.7 Å². The average Bonchev–Trinajstić information content (AvgIpc) is 3.19. The maximum Gasteiger partial charge on any atom is 0.407 e. The van der Waals surface area contributed by atoms with E-state index >= 15 is 0 Å². The molecule has 2 fully saturated rings. The molecule has 2 aliphatic rings. The van der Waals surface area contributed by atoms with Gasteiger partial charge in [0.15, 0.2) is 27.3 Å². The molecule has 4 rings (SSSR count). The van der Waals surface area contributed by atoms with Crippen molar-refractivity contribution >= 4 is 45.0 Å². The van der Waals surface area contributed by atoms with E-state index in [0.717, 1.165) is 6.07 Å². The summed E-state index contributed by atoms with van der Waals surface area (Å²) in [5, 5.41) is 17.8. The van der Waals surface area contributed by atoms with Crippen LogP contribution in [0.1, 0.15) is 50.4 Å². The lowest BCUT2D eigenvalue weighted by Gasteiger charge is -2.41. The van der Waals surface area contributed by atoms with Crippen molar-refractivity contribution in [3.05, 3.63) is 58.4 Å². The molecule has 6 atom stereocenters. The summed E-state index contributed by atoms with van der Waals surface area (Å²) in [6.07, 6.45) is -0.166. The smallest absolute Gasteiger partial charge is 0.407 e. The summed E-state index contributed by atoms with van der Waals surface area (Å²) < 4.78 is 73.3. The van der Waals surface area contributed by atoms with Gasteiger partial charge in [-0.3, -0.25) is 9.59 Å². The normalized spacial score (nSPS) is 25.0. The van der Waals surface area contributed by atoms with Crippen LogP contribution in [0.15, 0.2) is 35.2 Å². The minimum absolute atomic E-state index is 0.0606. The second kappa shape index (κ2) is 13.2. The summed E-state index contributed by atoms with van der Waals surface area (Å²) in [6.45, 7) is 5.20. The number of carbonyl (C=O) groups excluding carboxylic acids is 3. The highest BCUT2D eigenvalue weighted by Crippen LogP contribution is 2.53. The zero-order chi connectivity index (χ0) is 33.4. The molecular formula is C30H35ClF3N3O7S. The lowest BCUT2D eigenvalue weighted by Crippen LogP contribution is -2.56. The molecule has 0 radical (unpaired) electrons. The molecular weight excluding hydrogens is 639 g/mol. The van der Waals surface area contributed by atoms with Gasteiger partial charge in [-0.05, 0) is 61.1 Å². The maximum absolute atomic E-state index is 14.1. The molecule has 0 spiro atoms. The van der Waals surface area contributed by atoms with Gasteiger partial charge in [-0.15, -0.1) is 0 Å². The van der Waals surface area contributed by atoms with E-state index in [2.05, 4.69) is 20.7 Å². The monoisotopic (exact) mass is 673 g/mol. The Balaban J connectivity index is 1.53. The number of methoxy groups -OCH3 is 1. The van der Waals surface area contributed by atoms with Crippen LogP contribution in [-0.4, -0.2) is 62.0 Å². The number of sulfone groups is 1. The van der Waals surface area contributed by atoms with E-state index < -0.39 is 73.9 Å². The number of hydrogen-bond acceptors (Lipinski definition) is 7. The first-order valence-electron chi connectivity index (χ1n) is 14.3. The Hall–Kier alpha value is -3.36. The number of benzene rings is 2. The van der Waals surface area contributed by atoms with Crippen molar-refractivity contribution in [2.24, 2.45) is 23.7 Å². The van der Waals surface area contributed by atoms with E-state index in [-0.39, 0.29) is 52.4 Å². The molecule has 4 unspecified atom stereocenters. The van der Waals surface area contributed by atoms with E-state index in [4.69, 9.17) is 11.6 Å². The molecule has 2 saturated carbocycles. The molecule has 0 aliphatic heterocycles. The molecule has 0 saturated heterocycles. The maximum atomic E-state index is 14.1. The molecule has 2 aromatic rings. The zero-order valence-electron chi connectivity index (χ0n) is 25.0. The standard InChI is InChI=1S/C30H35ClF3N3O7S/c1-14(2)25(37-29(40)44-4)28(39)35-13-30(41)11-17-7-15(3)19(12-30)26(17)45(42,43)23-8-16(5-6-20(23)31)27(38)36-18-9-21(32)24(34)22(33)10-18/h5-6,8-10,14-15,17,19,25-26,41H,7,11-13H2,1-4H3,(H,35,39)(H,36,38)(H,37,40)/t15-,17+,19?,25?,26?,30?/m1/s1. The number of rotatable bonds is 9. The third-order valence-electron chi connectivity index (χ3n) is 8.65. The van der Waals surface area contributed by atoms with Crippen molar-refractivity contribution < 1.29 is 45.8 Å². The van der Waals surface area contributed by atoms with E-state index in [1.165, 1.54) is 19.2 Å². The highest BCUT2D eigenvalue weighted by molar-refractivity contribution is 7.92. The van der Waals surface area contributed by atoms with Gasteiger partial charge in [0.25, 0.3) is 5.91 Å². The predicted molar refractivity (Wildman–Crippen MR) is 159 cm³/mol. The molecule has 10 nitrogen and oxygen atoms in total. The first-order valence-corrected chi connectivity index (χ1v) is 16.2. The van der Waals surface area contributed by atoms with Gasteiger partial charge in [0.05, 0.1) is 27.9 Å². The predicted octanol–water partition coefficient (Wildman–Crippen LogP) is 4.45. The van der Waals surface area contributed by atoms with E-state index in [9.17, 15) is 41.1 Å². The van der Waals surface area contributed by atoms with Crippen LogP contribution in [0.25, 0.3) is 0 Å². The van der Waals surface area contributed by atoms with E-state index in [1.54, 1.807) is 13.8 Å². The molecule has 4 N–H and O–H groups in total. The van der Waals surface area contributed by atoms with Crippen LogP contribution < -0.4 is 16.0 Å². The van der Waals surface area contributed by atoms with Gasteiger partial charge in [0.1, 0.15) is 6.04 Å². The number of carbonyl (C=O) groups is 3. The number of hydrogen-bond donors (Lipinski definition) is 4. The topological polar surface area (TPSA) is 151 Å². The van der Waals surface area contributed by atoms with Crippen molar-refractivity contribution in [3.63, 3.8) is 0 Å². The minimum atomic E-state index is -4.17. The number of anilines is 1. The summed E-state index contributed by atoms with van der Waals surface area (Å²) >= 11 is 6.33. The number of ether oxygens (including phenoxy) is 1. The summed E-state index contributed by atoms with van der Waals surface area (Å²) in [5.74, 6) is -7.54. The first kappa shape index (κ1) is 34.5. The lowest BCUT2D eigenvalue weighted by molar-refractivity contribution is -0.126. The van der Waals surface area contributed by atoms with Gasteiger partial charge >= 0.3 is 6.09 Å². The molecule has 45 heavy (non-hydrogen) atoms. The fraction of sp³-hybridized carbons (Fsp3) is 0.500. The summed E-state index contributed by atoms with van der Waals surface area (Å²) in [5.41, 5.74) is -1.96. The molecule has 0 aromatic heterocycles. The quantitative estimate of drug-likeness (QED) is 0.287. The minimum Gasteiger partial charge on any atom is -0.453 e. The van der Waals surface area contributed by atoms with Crippen LogP contribution in [0.2, 0.25) is 5.02 Å². The Morgan fingerprint density at radius 1 is 1.11 bits per heavy atom. The van der Waals surface area contributed by atoms with Crippen molar-refractivity contribution in [2.75, 3.05) is 19.0 Å². The Morgan fingerprint density at radius 2 is 1.76 bits per heavy atom. The van der Waals surface area contributed by atoms with Crippen LogP contribution in [0.5, 0.6) is 0 Å². The fourth-order valence-electron chi connectivity index (χ4n) is 6.54. The van der Waals surface area contributed by atoms with Gasteiger partial charge < -0.3 is 25.8 Å². The van der Waals surface area contributed by atoms with Gasteiger partial charge in [0.2, 0.25) is 5.91 Å². The highest BCUT2D eigenvalue weighted by Gasteiger charge is 2.57. The zero-order valence-corrected chi connectivity index (χ0v) is 26.6. The van der Waals surface area contributed by atoms with E-state index in [1.807, 2.05) is 6.92 Å². The van der Waals surface area contributed by atoms with Crippen LogP contribution >= 0.6 is 11.6 Å². The SMILES string of the molecule is COC(=O)NC(C(=O)NCC1(O)CC2C(S(=O)(=O)c3cc(C(=O)Nc4cc(F)c(F)c(F)c4)ccc3Cl)[C@@H](C[C@H]2C)C1)C(C)C. The van der Waals surface area contributed by atoms with Crippen LogP contribution in [0, 0.1) is 41.1 Å². The van der Waals surface area contributed by atoms with Crippen molar-refractivity contribution in [1.29, 1.82) is 0 Å². The Bertz CT molecular complexity index is 1590. The molecule has 2 bridgehead atoms. The van der Waals surface area contributed by atoms with Crippen LogP contribution in [-0.2, 0) is 19.4 Å². The number of alkyl carbamates (subject to hydrolysis) is 1. The molecule has 2 aliphatic carbocycles. The van der Waals surface area contributed by atoms with Crippen molar-refractivity contribution in [2.45, 2.75) is 61.8 Å².